The normalized spacial score (nSPS) is 16.1. The van der Waals surface area contributed by atoms with Gasteiger partial charge in [-0.2, -0.15) is 13.2 Å². The first-order valence-electron chi connectivity index (χ1n) is 13.0. The summed E-state index contributed by atoms with van der Waals surface area (Å²) in [6.07, 6.45) is -4.57. The predicted molar refractivity (Wildman–Crippen MR) is 147 cm³/mol. The van der Waals surface area contributed by atoms with Gasteiger partial charge in [0.25, 0.3) is 5.91 Å². The minimum Gasteiger partial charge on any atom is -0.342 e. The standard InChI is InChI=1S/C30H28ClF4N3O3/c1-17(2)38-26-14-12-20(31)15-19(26)11-13-24(29(38)41)36-28(40)25(16-18-7-3-6-10-23(18)32)37-27(39)21-8-4-5-9-22(21)30(33,34)35/h3-10,12,14-15,17,24-25H,11,13,16H2,1-2H3,(H,36,40)(H,37,39)/t24-,25-/m1/s1. The molecule has 0 unspecified atom stereocenters. The minimum absolute atomic E-state index is 0.0649. The third-order valence-corrected chi connectivity index (χ3v) is 7.09. The smallest absolute Gasteiger partial charge is 0.342 e. The van der Waals surface area contributed by atoms with Crippen LogP contribution in [0.3, 0.4) is 0 Å². The maximum absolute atomic E-state index is 14.5. The van der Waals surface area contributed by atoms with Crippen LogP contribution in [0.4, 0.5) is 23.2 Å². The second kappa shape index (κ2) is 12.3. The van der Waals surface area contributed by atoms with E-state index in [9.17, 15) is 31.9 Å². The molecule has 0 fully saturated rings. The molecule has 0 aliphatic carbocycles. The Kier molecular flexibility index (Phi) is 9.01. The number of hydrogen-bond donors (Lipinski definition) is 2. The average Bonchev–Trinajstić information content (AvgIpc) is 3.04. The van der Waals surface area contributed by atoms with Crippen LogP contribution in [0.2, 0.25) is 5.02 Å². The lowest BCUT2D eigenvalue weighted by Gasteiger charge is -2.30. The number of carbonyl (C=O) groups excluding carboxylic acids is 3. The van der Waals surface area contributed by atoms with Crippen LogP contribution < -0.4 is 15.5 Å². The van der Waals surface area contributed by atoms with Crippen molar-refractivity contribution in [3.63, 3.8) is 0 Å². The number of carbonyl (C=O) groups is 3. The number of alkyl halides is 3. The maximum Gasteiger partial charge on any atom is 0.417 e. The highest BCUT2D eigenvalue weighted by atomic mass is 35.5. The topological polar surface area (TPSA) is 78.5 Å². The Morgan fingerprint density at radius 1 is 1.05 bits per heavy atom. The van der Waals surface area contributed by atoms with Gasteiger partial charge in [-0.1, -0.05) is 41.9 Å². The second-order valence-electron chi connectivity index (χ2n) is 10.0. The van der Waals surface area contributed by atoms with Crippen LogP contribution in [0.25, 0.3) is 0 Å². The Morgan fingerprint density at radius 3 is 2.41 bits per heavy atom. The number of benzene rings is 3. The highest BCUT2D eigenvalue weighted by Crippen LogP contribution is 2.33. The van der Waals surface area contributed by atoms with Crippen molar-refractivity contribution in [2.75, 3.05) is 4.90 Å². The fourth-order valence-corrected chi connectivity index (χ4v) is 5.09. The molecule has 41 heavy (non-hydrogen) atoms. The van der Waals surface area contributed by atoms with Crippen molar-refractivity contribution in [1.82, 2.24) is 10.6 Å². The molecule has 3 amide bonds. The van der Waals surface area contributed by atoms with E-state index in [0.29, 0.717) is 17.1 Å². The van der Waals surface area contributed by atoms with Crippen molar-refractivity contribution in [3.8, 4) is 0 Å². The number of nitrogens with one attached hydrogen (secondary N) is 2. The van der Waals surface area contributed by atoms with Gasteiger partial charge in [0.2, 0.25) is 11.8 Å². The molecule has 11 heteroatoms. The lowest BCUT2D eigenvalue weighted by atomic mass is 10.0. The van der Waals surface area contributed by atoms with Crippen molar-refractivity contribution >= 4 is 35.0 Å². The van der Waals surface area contributed by atoms with Gasteiger partial charge in [0, 0.05) is 23.2 Å². The molecule has 0 saturated heterocycles. The number of hydrogen-bond acceptors (Lipinski definition) is 3. The lowest BCUT2D eigenvalue weighted by Crippen LogP contribution is -2.55. The number of anilines is 1. The Labute approximate surface area is 239 Å². The number of amides is 3. The summed E-state index contributed by atoms with van der Waals surface area (Å²) in [4.78, 5) is 41.8. The molecule has 0 spiro atoms. The molecule has 216 valence electrons. The highest BCUT2D eigenvalue weighted by molar-refractivity contribution is 6.30. The molecule has 0 aromatic heterocycles. The summed E-state index contributed by atoms with van der Waals surface area (Å²) in [5, 5.41) is 5.50. The molecule has 2 atom stereocenters. The summed E-state index contributed by atoms with van der Waals surface area (Å²) >= 11 is 6.17. The molecule has 2 N–H and O–H groups in total. The second-order valence-corrected chi connectivity index (χ2v) is 10.5. The van der Waals surface area contributed by atoms with Gasteiger partial charge in [0.1, 0.15) is 17.9 Å². The molecule has 1 aliphatic rings. The summed E-state index contributed by atoms with van der Waals surface area (Å²) in [5.74, 6) is -3.04. The van der Waals surface area contributed by atoms with Crippen LogP contribution in [0, 0.1) is 5.82 Å². The average molecular weight is 590 g/mol. The molecule has 1 heterocycles. The van der Waals surface area contributed by atoms with Crippen molar-refractivity contribution in [2.45, 2.75) is 57.4 Å². The molecule has 1 aliphatic heterocycles. The minimum atomic E-state index is -4.82. The fraction of sp³-hybridized carbons (Fsp3) is 0.300. The van der Waals surface area contributed by atoms with E-state index >= 15 is 0 Å². The van der Waals surface area contributed by atoms with E-state index in [1.165, 1.54) is 30.3 Å². The molecule has 0 saturated carbocycles. The summed E-state index contributed by atoms with van der Waals surface area (Å²) in [6, 6.07) is 12.1. The van der Waals surface area contributed by atoms with Crippen LogP contribution in [0.15, 0.2) is 66.7 Å². The Hall–Kier alpha value is -3.92. The predicted octanol–water partition coefficient (Wildman–Crippen LogP) is 5.71. The molecule has 0 bridgehead atoms. The van der Waals surface area contributed by atoms with Crippen molar-refractivity contribution in [1.29, 1.82) is 0 Å². The molecular formula is C30H28ClF4N3O3. The zero-order chi connectivity index (χ0) is 29.9. The van der Waals surface area contributed by atoms with E-state index in [2.05, 4.69) is 10.6 Å². The third kappa shape index (κ3) is 6.87. The van der Waals surface area contributed by atoms with Crippen LogP contribution in [0.5, 0.6) is 0 Å². The molecule has 6 nitrogen and oxygen atoms in total. The fourth-order valence-electron chi connectivity index (χ4n) is 4.90. The summed E-state index contributed by atoms with van der Waals surface area (Å²) in [6.45, 7) is 3.64. The van der Waals surface area contributed by atoms with Crippen molar-refractivity contribution < 1.29 is 31.9 Å². The number of nitrogens with zero attached hydrogens (tertiary/aromatic N) is 1. The third-order valence-electron chi connectivity index (χ3n) is 6.85. The van der Waals surface area contributed by atoms with E-state index in [0.717, 1.165) is 23.8 Å². The Morgan fingerprint density at radius 2 is 1.73 bits per heavy atom. The van der Waals surface area contributed by atoms with E-state index in [-0.39, 0.29) is 24.4 Å². The van der Waals surface area contributed by atoms with Crippen molar-refractivity contribution in [2.24, 2.45) is 0 Å². The quantitative estimate of drug-likeness (QED) is 0.347. The molecule has 0 radical (unpaired) electrons. The van der Waals surface area contributed by atoms with E-state index in [1.54, 1.807) is 23.1 Å². The lowest BCUT2D eigenvalue weighted by molar-refractivity contribution is -0.138. The summed E-state index contributed by atoms with van der Waals surface area (Å²) < 4.78 is 55.3. The molecule has 3 aromatic rings. The van der Waals surface area contributed by atoms with Crippen LogP contribution in [0.1, 0.15) is 47.3 Å². The first kappa shape index (κ1) is 30.0. The Balaban J connectivity index is 1.63. The van der Waals surface area contributed by atoms with Gasteiger partial charge in [-0.3, -0.25) is 14.4 Å². The summed E-state index contributed by atoms with van der Waals surface area (Å²) in [7, 11) is 0. The van der Waals surface area contributed by atoms with Crippen molar-refractivity contribution in [3.05, 3.63) is 99.8 Å². The molecular weight excluding hydrogens is 562 g/mol. The van der Waals surface area contributed by atoms with Crippen LogP contribution in [-0.2, 0) is 28.6 Å². The summed E-state index contributed by atoms with van der Waals surface area (Å²) in [5.41, 5.74) is -0.321. The van der Waals surface area contributed by atoms with Gasteiger partial charge in [0.15, 0.2) is 0 Å². The zero-order valence-corrected chi connectivity index (χ0v) is 23.0. The maximum atomic E-state index is 14.5. The van der Waals surface area contributed by atoms with Gasteiger partial charge in [-0.15, -0.1) is 0 Å². The molecule has 3 aromatic carbocycles. The van der Waals surface area contributed by atoms with Crippen LogP contribution in [-0.4, -0.2) is 35.8 Å². The first-order chi connectivity index (χ1) is 19.4. The highest BCUT2D eigenvalue weighted by Gasteiger charge is 2.37. The number of halogens is 5. The number of aryl methyl sites for hydroxylation is 1. The van der Waals surface area contributed by atoms with E-state index < -0.39 is 52.9 Å². The number of rotatable bonds is 7. The van der Waals surface area contributed by atoms with Gasteiger partial charge < -0.3 is 15.5 Å². The molecule has 4 rings (SSSR count). The van der Waals surface area contributed by atoms with E-state index in [4.69, 9.17) is 11.6 Å². The number of fused-ring (bicyclic) bond motifs is 1. The van der Waals surface area contributed by atoms with E-state index in [1.807, 2.05) is 13.8 Å². The largest absolute Gasteiger partial charge is 0.417 e. The Bertz CT molecular complexity index is 1460. The van der Waals surface area contributed by atoms with Crippen LogP contribution >= 0.6 is 11.6 Å². The zero-order valence-electron chi connectivity index (χ0n) is 22.3. The SMILES string of the molecule is CC(C)N1C(=O)[C@H](NC(=O)[C@@H](Cc2ccccc2F)NC(=O)c2ccccc2C(F)(F)F)CCc2cc(Cl)ccc21. The van der Waals surface area contributed by atoms with Gasteiger partial charge >= 0.3 is 6.18 Å². The monoisotopic (exact) mass is 589 g/mol. The first-order valence-corrected chi connectivity index (χ1v) is 13.4. The van der Waals surface area contributed by atoms with Gasteiger partial charge in [0.05, 0.1) is 11.1 Å². The van der Waals surface area contributed by atoms with Gasteiger partial charge in [-0.05, 0) is 74.2 Å². The van der Waals surface area contributed by atoms with Gasteiger partial charge in [-0.25, -0.2) is 4.39 Å².